The Labute approximate surface area is 148 Å². The summed E-state index contributed by atoms with van der Waals surface area (Å²) in [5, 5.41) is 2.87. The van der Waals surface area contributed by atoms with Crippen LogP contribution in [0.2, 0.25) is 0 Å². The maximum Gasteiger partial charge on any atom is 0.317 e. The zero-order valence-corrected chi connectivity index (χ0v) is 14.8. The zero-order valence-electron chi connectivity index (χ0n) is 14.0. The lowest BCUT2D eigenvalue weighted by Crippen LogP contribution is -2.22. The van der Waals surface area contributed by atoms with Crippen LogP contribution in [0.3, 0.4) is 0 Å². The van der Waals surface area contributed by atoms with Crippen molar-refractivity contribution in [2.75, 3.05) is 19.0 Å². The summed E-state index contributed by atoms with van der Waals surface area (Å²) in [7, 11) is 1.59. The van der Waals surface area contributed by atoms with E-state index in [0.717, 1.165) is 27.3 Å². The Balaban J connectivity index is 2.26. The van der Waals surface area contributed by atoms with Crippen molar-refractivity contribution in [3.05, 3.63) is 28.8 Å². The molecular weight excluding hydrogens is 342 g/mol. The van der Waals surface area contributed by atoms with Gasteiger partial charge in [0.25, 0.3) is 5.91 Å². The number of anilines is 1. The zero-order chi connectivity index (χ0) is 18.1. The second-order valence-corrected chi connectivity index (χ2v) is 6.54. The number of carbonyl (C=O) groups is 2. The SMILES string of the molecule is CCOc1ccc(OC)c2c1CCc1c-2sc(NC(N)=O)c1C(N)=O. The van der Waals surface area contributed by atoms with Gasteiger partial charge in [-0.1, -0.05) is 0 Å². The first-order chi connectivity index (χ1) is 12.0. The Morgan fingerprint density at radius 2 is 1.88 bits per heavy atom. The van der Waals surface area contributed by atoms with Crippen LogP contribution >= 0.6 is 11.3 Å². The molecule has 3 rings (SSSR count). The number of rotatable bonds is 5. The van der Waals surface area contributed by atoms with Gasteiger partial charge in [0.05, 0.1) is 19.3 Å². The number of fused-ring (bicyclic) bond motifs is 3. The summed E-state index contributed by atoms with van der Waals surface area (Å²) < 4.78 is 11.3. The Kier molecular flexibility index (Phi) is 4.54. The van der Waals surface area contributed by atoms with Crippen LogP contribution in [0.15, 0.2) is 12.1 Å². The molecule has 2 aromatic rings. The maximum absolute atomic E-state index is 12.0. The van der Waals surface area contributed by atoms with Crippen molar-refractivity contribution in [2.24, 2.45) is 11.5 Å². The van der Waals surface area contributed by atoms with Crippen LogP contribution < -0.4 is 26.3 Å². The topological polar surface area (TPSA) is 117 Å². The molecule has 0 atom stereocenters. The molecule has 0 bridgehead atoms. The molecule has 7 nitrogen and oxygen atoms in total. The van der Waals surface area contributed by atoms with Crippen molar-refractivity contribution in [3.63, 3.8) is 0 Å². The number of nitrogens with one attached hydrogen (secondary N) is 1. The molecule has 1 aromatic heterocycles. The second kappa shape index (κ2) is 6.64. The molecule has 0 unspecified atom stereocenters. The maximum atomic E-state index is 12.0. The van der Waals surface area contributed by atoms with Gasteiger partial charge in [0.2, 0.25) is 0 Å². The highest BCUT2D eigenvalue weighted by atomic mass is 32.1. The van der Waals surface area contributed by atoms with Crippen LogP contribution in [0.5, 0.6) is 11.5 Å². The fourth-order valence-electron chi connectivity index (χ4n) is 3.18. The molecule has 0 aliphatic heterocycles. The summed E-state index contributed by atoms with van der Waals surface area (Å²) in [6.07, 6.45) is 1.30. The molecule has 1 heterocycles. The normalized spacial score (nSPS) is 12.1. The number of amides is 3. The third-order valence-corrected chi connectivity index (χ3v) is 5.26. The molecule has 1 aliphatic rings. The molecular formula is C17H19N3O4S. The highest BCUT2D eigenvalue weighted by molar-refractivity contribution is 7.20. The molecule has 0 saturated carbocycles. The van der Waals surface area contributed by atoms with Crippen LogP contribution in [-0.2, 0) is 12.8 Å². The largest absolute Gasteiger partial charge is 0.496 e. The molecule has 0 radical (unpaired) electrons. The fourth-order valence-corrected chi connectivity index (χ4v) is 4.52. The Bertz CT molecular complexity index is 860. The minimum atomic E-state index is -0.739. The predicted molar refractivity (Wildman–Crippen MR) is 96.6 cm³/mol. The molecule has 132 valence electrons. The number of primary amides is 2. The van der Waals surface area contributed by atoms with Crippen molar-refractivity contribution >= 4 is 28.3 Å². The van der Waals surface area contributed by atoms with Crippen LogP contribution in [0.25, 0.3) is 10.4 Å². The molecule has 0 spiro atoms. The number of benzene rings is 1. The first kappa shape index (κ1) is 17.1. The summed E-state index contributed by atoms with van der Waals surface area (Å²) in [5.74, 6) is 0.884. The van der Waals surface area contributed by atoms with E-state index in [1.165, 1.54) is 11.3 Å². The van der Waals surface area contributed by atoms with E-state index in [0.29, 0.717) is 35.8 Å². The van der Waals surface area contributed by atoms with E-state index >= 15 is 0 Å². The smallest absolute Gasteiger partial charge is 0.317 e. The van der Waals surface area contributed by atoms with E-state index < -0.39 is 11.9 Å². The molecule has 25 heavy (non-hydrogen) atoms. The molecule has 8 heteroatoms. The number of thiophene rings is 1. The fraction of sp³-hybridized carbons (Fsp3) is 0.294. The minimum Gasteiger partial charge on any atom is -0.496 e. The lowest BCUT2D eigenvalue weighted by Gasteiger charge is -2.22. The first-order valence-electron chi connectivity index (χ1n) is 7.82. The van der Waals surface area contributed by atoms with Crippen LogP contribution in [0.1, 0.15) is 28.4 Å². The number of methoxy groups -OCH3 is 1. The quantitative estimate of drug-likeness (QED) is 0.758. The summed E-state index contributed by atoms with van der Waals surface area (Å²) in [6, 6.07) is 2.98. The summed E-state index contributed by atoms with van der Waals surface area (Å²) in [6.45, 7) is 2.48. The monoisotopic (exact) mass is 361 g/mol. The molecule has 0 fully saturated rings. The highest BCUT2D eigenvalue weighted by Gasteiger charge is 2.31. The molecule has 3 amide bonds. The molecule has 0 saturated heterocycles. The number of hydrogen-bond acceptors (Lipinski definition) is 5. The van der Waals surface area contributed by atoms with Gasteiger partial charge in [-0.25, -0.2) is 4.79 Å². The van der Waals surface area contributed by atoms with Gasteiger partial charge in [0.1, 0.15) is 16.5 Å². The number of nitrogens with two attached hydrogens (primary N) is 2. The Morgan fingerprint density at radius 1 is 1.20 bits per heavy atom. The molecule has 1 aliphatic carbocycles. The van der Waals surface area contributed by atoms with E-state index in [-0.39, 0.29) is 0 Å². The van der Waals surface area contributed by atoms with Crippen molar-refractivity contribution in [2.45, 2.75) is 19.8 Å². The Morgan fingerprint density at radius 3 is 2.48 bits per heavy atom. The molecule has 1 aromatic carbocycles. The third kappa shape index (κ3) is 2.89. The van der Waals surface area contributed by atoms with Crippen molar-refractivity contribution in [1.82, 2.24) is 0 Å². The Hall–Kier alpha value is -2.74. The van der Waals surface area contributed by atoms with Gasteiger partial charge < -0.3 is 20.9 Å². The van der Waals surface area contributed by atoms with Crippen molar-refractivity contribution in [1.29, 1.82) is 0 Å². The van der Waals surface area contributed by atoms with Gasteiger partial charge in [-0.2, -0.15) is 0 Å². The first-order valence-corrected chi connectivity index (χ1v) is 8.64. The standard InChI is InChI=1S/C17H19N3O4S/c1-3-24-10-6-7-11(23-2)12-8(10)4-5-9-13(15(18)21)16(20-17(19)22)25-14(9)12/h6-7H,3-5H2,1-2H3,(H2,18,21)(H3,19,20,22). The van der Waals surface area contributed by atoms with E-state index in [2.05, 4.69) is 5.32 Å². The van der Waals surface area contributed by atoms with Crippen LogP contribution in [0, 0.1) is 0 Å². The van der Waals surface area contributed by atoms with Gasteiger partial charge in [-0.05, 0) is 37.5 Å². The van der Waals surface area contributed by atoms with Gasteiger partial charge in [0.15, 0.2) is 0 Å². The number of ether oxygens (including phenoxy) is 2. The number of carbonyl (C=O) groups excluding carboxylic acids is 2. The lowest BCUT2D eigenvalue weighted by molar-refractivity contribution is 0.100. The van der Waals surface area contributed by atoms with E-state index in [9.17, 15) is 9.59 Å². The average Bonchev–Trinajstić information content (AvgIpc) is 2.92. The van der Waals surface area contributed by atoms with E-state index in [1.807, 2.05) is 19.1 Å². The minimum absolute atomic E-state index is 0.313. The summed E-state index contributed by atoms with van der Waals surface area (Å²) in [4.78, 5) is 24.1. The highest BCUT2D eigenvalue weighted by Crippen LogP contribution is 2.50. The summed E-state index contributed by atoms with van der Waals surface area (Å²) in [5.41, 5.74) is 13.8. The number of urea groups is 1. The average molecular weight is 361 g/mol. The van der Waals surface area contributed by atoms with E-state index in [4.69, 9.17) is 20.9 Å². The van der Waals surface area contributed by atoms with Gasteiger partial charge in [-0.15, -0.1) is 11.3 Å². The van der Waals surface area contributed by atoms with Gasteiger partial charge in [0, 0.05) is 16.0 Å². The van der Waals surface area contributed by atoms with Crippen molar-refractivity contribution < 1.29 is 19.1 Å². The third-order valence-electron chi connectivity index (χ3n) is 4.09. The van der Waals surface area contributed by atoms with E-state index in [1.54, 1.807) is 7.11 Å². The van der Waals surface area contributed by atoms with Crippen LogP contribution in [-0.4, -0.2) is 25.7 Å². The molecule has 5 N–H and O–H groups in total. The van der Waals surface area contributed by atoms with Crippen molar-refractivity contribution in [3.8, 4) is 21.9 Å². The van der Waals surface area contributed by atoms with Crippen LogP contribution in [0.4, 0.5) is 9.80 Å². The van der Waals surface area contributed by atoms with Gasteiger partial charge >= 0.3 is 6.03 Å². The predicted octanol–water partition coefficient (Wildman–Crippen LogP) is 2.51. The number of hydrogen-bond donors (Lipinski definition) is 3. The summed E-state index contributed by atoms with van der Waals surface area (Å²) >= 11 is 1.27. The van der Waals surface area contributed by atoms with Gasteiger partial charge in [-0.3, -0.25) is 10.1 Å². The lowest BCUT2D eigenvalue weighted by atomic mass is 9.88. The second-order valence-electron chi connectivity index (χ2n) is 5.52.